The number of fused-ring (bicyclic) bond motifs is 2. The highest BCUT2D eigenvalue weighted by molar-refractivity contribution is 5.98. The van der Waals surface area contributed by atoms with E-state index in [1.165, 1.54) is 0 Å². The predicted octanol–water partition coefficient (Wildman–Crippen LogP) is 6.65. The van der Waals surface area contributed by atoms with Crippen LogP contribution in [-0.4, -0.2) is 33.8 Å². The van der Waals surface area contributed by atoms with Crippen LogP contribution < -0.4 is 5.32 Å². The standard InChI is InChI=1S/C30H29N5O/c1-20(2)36-14-6-12-32-28-16-25(10-9-23(28)17-31)35-19-21(3)29-26(11-13-33-30(29)35)24-15-22-7-4-5-8-27(22)34-18-24/h4-5,7-11,13,15-16,18-20,32H,6,12,14H2,1-3H3. The molecule has 2 aromatic carbocycles. The van der Waals surface area contributed by atoms with Gasteiger partial charge in [-0.15, -0.1) is 0 Å². The Morgan fingerprint density at radius 3 is 2.78 bits per heavy atom. The Balaban J connectivity index is 1.51. The molecule has 5 rings (SSSR count). The zero-order valence-corrected chi connectivity index (χ0v) is 20.8. The Morgan fingerprint density at radius 1 is 1.08 bits per heavy atom. The minimum absolute atomic E-state index is 0.219. The monoisotopic (exact) mass is 475 g/mol. The van der Waals surface area contributed by atoms with Crippen molar-refractivity contribution < 1.29 is 4.74 Å². The van der Waals surface area contributed by atoms with Crippen molar-refractivity contribution in [3.63, 3.8) is 0 Å². The number of aryl methyl sites for hydroxylation is 1. The molecule has 0 unspecified atom stereocenters. The summed E-state index contributed by atoms with van der Waals surface area (Å²) in [6, 6.07) is 20.5. The van der Waals surface area contributed by atoms with Gasteiger partial charge in [-0.2, -0.15) is 5.26 Å². The summed E-state index contributed by atoms with van der Waals surface area (Å²) in [5.41, 5.74) is 7.54. The highest BCUT2D eigenvalue weighted by Gasteiger charge is 2.15. The number of para-hydroxylation sites is 1. The van der Waals surface area contributed by atoms with Gasteiger partial charge >= 0.3 is 0 Å². The van der Waals surface area contributed by atoms with Gasteiger partial charge in [0.1, 0.15) is 11.7 Å². The molecule has 0 fully saturated rings. The van der Waals surface area contributed by atoms with Crippen LogP contribution in [0.4, 0.5) is 5.69 Å². The smallest absolute Gasteiger partial charge is 0.145 e. The largest absolute Gasteiger partial charge is 0.384 e. The first kappa shape index (κ1) is 23.5. The van der Waals surface area contributed by atoms with E-state index in [2.05, 4.69) is 52.3 Å². The predicted molar refractivity (Wildman–Crippen MR) is 145 cm³/mol. The number of nitrogens with zero attached hydrogens (tertiary/aromatic N) is 4. The van der Waals surface area contributed by atoms with Gasteiger partial charge in [0.15, 0.2) is 0 Å². The molecule has 180 valence electrons. The van der Waals surface area contributed by atoms with Gasteiger partial charge in [0, 0.05) is 53.8 Å². The highest BCUT2D eigenvalue weighted by atomic mass is 16.5. The van der Waals surface area contributed by atoms with Crippen LogP contribution >= 0.6 is 0 Å². The number of benzene rings is 2. The molecular weight excluding hydrogens is 446 g/mol. The topological polar surface area (TPSA) is 75.8 Å². The van der Waals surface area contributed by atoms with E-state index in [1.54, 1.807) is 0 Å². The molecule has 0 saturated heterocycles. The van der Waals surface area contributed by atoms with E-state index in [1.807, 2.05) is 62.6 Å². The molecule has 0 amide bonds. The molecular formula is C30H29N5O. The number of pyridine rings is 2. The summed E-state index contributed by atoms with van der Waals surface area (Å²) < 4.78 is 7.72. The molecule has 6 heteroatoms. The maximum Gasteiger partial charge on any atom is 0.145 e. The number of hydrogen-bond donors (Lipinski definition) is 1. The second-order valence-corrected chi connectivity index (χ2v) is 9.20. The van der Waals surface area contributed by atoms with Crippen LogP contribution in [0.5, 0.6) is 0 Å². The SMILES string of the molecule is Cc1cn(-c2ccc(C#N)c(NCCCOC(C)C)c2)c2nccc(-c3cnc4ccccc4c3)c12. The lowest BCUT2D eigenvalue weighted by atomic mass is 10.0. The van der Waals surface area contributed by atoms with Crippen molar-refractivity contribution in [2.24, 2.45) is 0 Å². The van der Waals surface area contributed by atoms with E-state index in [0.29, 0.717) is 12.2 Å². The van der Waals surface area contributed by atoms with Crippen molar-refractivity contribution >= 4 is 27.6 Å². The number of rotatable bonds is 8. The summed E-state index contributed by atoms with van der Waals surface area (Å²) in [7, 11) is 0. The molecule has 0 atom stereocenters. The highest BCUT2D eigenvalue weighted by Crippen LogP contribution is 2.34. The number of ether oxygens (including phenoxy) is 1. The summed E-state index contributed by atoms with van der Waals surface area (Å²) in [5.74, 6) is 0. The fraction of sp³-hybridized carbons (Fsp3) is 0.233. The fourth-order valence-corrected chi connectivity index (χ4v) is 4.54. The summed E-state index contributed by atoms with van der Waals surface area (Å²) in [5, 5.41) is 15.2. The van der Waals surface area contributed by atoms with Gasteiger partial charge in [0.05, 0.1) is 22.9 Å². The minimum Gasteiger partial charge on any atom is -0.384 e. The first-order valence-electron chi connectivity index (χ1n) is 12.3. The quantitative estimate of drug-likeness (QED) is 0.254. The van der Waals surface area contributed by atoms with E-state index < -0.39 is 0 Å². The molecule has 1 N–H and O–H groups in total. The van der Waals surface area contributed by atoms with Crippen LogP contribution in [0.15, 0.2) is 73.2 Å². The van der Waals surface area contributed by atoms with Crippen LogP contribution in [0.1, 0.15) is 31.4 Å². The van der Waals surface area contributed by atoms with E-state index in [0.717, 1.165) is 63.0 Å². The van der Waals surface area contributed by atoms with E-state index in [9.17, 15) is 5.26 Å². The minimum atomic E-state index is 0.219. The average Bonchev–Trinajstić information content (AvgIpc) is 3.24. The molecule has 3 aromatic heterocycles. The van der Waals surface area contributed by atoms with Gasteiger partial charge in [0.2, 0.25) is 0 Å². The lowest BCUT2D eigenvalue weighted by molar-refractivity contribution is 0.0787. The van der Waals surface area contributed by atoms with Crippen LogP contribution in [0.2, 0.25) is 0 Å². The van der Waals surface area contributed by atoms with Crippen molar-refractivity contribution in [1.29, 1.82) is 5.26 Å². The van der Waals surface area contributed by atoms with Gasteiger partial charge in [-0.05, 0) is 74.7 Å². The van der Waals surface area contributed by atoms with Crippen LogP contribution in [0, 0.1) is 18.3 Å². The third-order valence-electron chi connectivity index (χ3n) is 6.27. The first-order chi connectivity index (χ1) is 17.5. The maximum absolute atomic E-state index is 9.63. The van der Waals surface area contributed by atoms with Gasteiger partial charge in [-0.25, -0.2) is 4.98 Å². The number of nitriles is 1. The summed E-state index contributed by atoms with van der Waals surface area (Å²) in [4.78, 5) is 9.41. The molecule has 0 spiro atoms. The Hall–Kier alpha value is -4.21. The van der Waals surface area contributed by atoms with E-state index in [-0.39, 0.29) is 6.10 Å². The average molecular weight is 476 g/mol. The summed E-state index contributed by atoms with van der Waals surface area (Å²) >= 11 is 0. The number of hydrogen-bond acceptors (Lipinski definition) is 5. The van der Waals surface area contributed by atoms with Crippen molar-refractivity contribution in [2.75, 3.05) is 18.5 Å². The Kier molecular flexibility index (Phi) is 6.66. The maximum atomic E-state index is 9.63. The zero-order chi connectivity index (χ0) is 25.1. The summed E-state index contributed by atoms with van der Waals surface area (Å²) in [6.07, 6.45) is 6.97. The lowest BCUT2D eigenvalue weighted by Crippen LogP contribution is -2.10. The summed E-state index contributed by atoms with van der Waals surface area (Å²) in [6.45, 7) is 7.59. The molecule has 0 aliphatic carbocycles. The number of nitrogens with one attached hydrogen (secondary N) is 1. The van der Waals surface area contributed by atoms with Gasteiger partial charge in [0.25, 0.3) is 0 Å². The lowest BCUT2D eigenvalue weighted by Gasteiger charge is -2.13. The third-order valence-corrected chi connectivity index (χ3v) is 6.27. The van der Waals surface area contributed by atoms with Crippen LogP contribution in [-0.2, 0) is 4.74 Å². The van der Waals surface area contributed by atoms with Crippen molar-refractivity contribution in [3.05, 3.63) is 84.3 Å². The molecule has 3 heterocycles. The molecule has 6 nitrogen and oxygen atoms in total. The molecule has 0 aliphatic rings. The Labute approximate surface area is 211 Å². The number of aromatic nitrogens is 3. The Bertz CT molecular complexity index is 1580. The normalized spacial score (nSPS) is 11.3. The van der Waals surface area contributed by atoms with Crippen molar-refractivity contribution in [2.45, 2.75) is 33.3 Å². The van der Waals surface area contributed by atoms with Crippen LogP contribution in [0.3, 0.4) is 0 Å². The molecule has 36 heavy (non-hydrogen) atoms. The Morgan fingerprint density at radius 2 is 1.94 bits per heavy atom. The second kappa shape index (κ2) is 10.2. The van der Waals surface area contributed by atoms with E-state index in [4.69, 9.17) is 9.72 Å². The van der Waals surface area contributed by atoms with E-state index >= 15 is 0 Å². The zero-order valence-electron chi connectivity index (χ0n) is 20.8. The molecule has 0 saturated carbocycles. The van der Waals surface area contributed by atoms with Gasteiger partial charge < -0.3 is 14.6 Å². The fourth-order valence-electron chi connectivity index (χ4n) is 4.54. The van der Waals surface area contributed by atoms with Gasteiger partial charge in [-0.3, -0.25) is 4.98 Å². The first-order valence-corrected chi connectivity index (χ1v) is 12.3. The van der Waals surface area contributed by atoms with Crippen LogP contribution in [0.25, 0.3) is 38.8 Å². The molecule has 0 bridgehead atoms. The molecule has 5 aromatic rings. The van der Waals surface area contributed by atoms with Gasteiger partial charge in [-0.1, -0.05) is 18.2 Å². The second-order valence-electron chi connectivity index (χ2n) is 9.20. The van der Waals surface area contributed by atoms with Crippen molar-refractivity contribution in [1.82, 2.24) is 14.5 Å². The molecule has 0 aliphatic heterocycles. The third kappa shape index (κ3) is 4.66. The van der Waals surface area contributed by atoms with Crippen molar-refractivity contribution in [3.8, 4) is 22.9 Å². The molecule has 0 radical (unpaired) electrons. The number of anilines is 1.